The number of rotatable bonds is 6. The number of pyridine rings is 1. The van der Waals surface area contributed by atoms with Crippen molar-refractivity contribution < 1.29 is 18.7 Å². The Hall–Kier alpha value is -3.36. The van der Waals surface area contributed by atoms with Crippen LogP contribution < -0.4 is 0 Å². The molecule has 6 nitrogen and oxygen atoms in total. The van der Waals surface area contributed by atoms with Crippen molar-refractivity contribution in [3.8, 4) is 0 Å². The Balaban J connectivity index is 1.66. The van der Waals surface area contributed by atoms with E-state index in [0.717, 1.165) is 12.5 Å². The number of halogens is 3. The van der Waals surface area contributed by atoms with Gasteiger partial charge >= 0.3 is 0 Å². The molecule has 0 radical (unpaired) electrons. The van der Waals surface area contributed by atoms with E-state index in [1.165, 1.54) is 0 Å². The maximum absolute atomic E-state index is 14.8. The number of piperidine rings is 1. The molecule has 2 aromatic heterocycles. The number of benzene rings is 2. The third-order valence-corrected chi connectivity index (χ3v) is 8.27. The zero-order chi connectivity index (χ0) is 27.9. The van der Waals surface area contributed by atoms with Crippen LogP contribution in [0.4, 0.5) is 8.78 Å². The summed E-state index contributed by atoms with van der Waals surface area (Å²) in [6.45, 7) is 3.44. The van der Waals surface area contributed by atoms with Crippen molar-refractivity contribution in [2.24, 2.45) is 13.0 Å². The standard InChI is InChI=1S/C30H31ClF2N4O2/c1-19(38)37-13-11-21(12-14-37)30(39,26-17-34-18-36(26)3)22-9-10-25-23(16-22)27(31)24(28(35-25)29(2,32)33)15-20-7-5-4-6-8-20/h4-10,16-18,21,39H,11-15H2,1-3H3. The molecule has 1 unspecified atom stereocenters. The van der Waals surface area contributed by atoms with E-state index < -0.39 is 11.5 Å². The van der Waals surface area contributed by atoms with Crippen molar-refractivity contribution in [2.45, 2.75) is 44.6 Å². The van der Waals surface area contributed by atoms with E-state index in [1.807, 2.05) is 37.4 Å². The molecule has 3 heterocycles. The zero-order valence-electron chi connectivity index (χ0n) is 22.2. The lowest BCUT2D eigenvalue weighted by atomic mass is 9.73. The molecule has 1 fully saturated rings. The fourth-order valence-corrected chi connectivity index (χ4v) is 6.06. The van der Waals surface area contributed by atoms with Gasteiger partial charge in [-0.15, -0.1) is 0 Å². The normalized spacial score (nSPS) is 16.4. The number of hydrogen-bond acceptors (Lipinski definition) is 4. The van der Waals surface area contributed by atoms with Crippen LogP contribution in [-0.4, -0.2) is 43.5 Å². The van der Waals surface area contributed by atoms with Gasteiger partial charge in [0.15, 0.2) is 0 Å². The number of imidazole rings is 1. The van der Waals surface area contributed by atoms with Crippen LogP contribution >= 0.6 is 11.6 Å². The van der Waals surface area contributed by atoms with Crippen LogP contribution in [0, 0.1) is 5.92 Å². The highest BCUT2D eigenvalue weighted by Crippen LogP contribution is 2.44. The largest absolute Gasteiger partial charge is 0.378 e. The van der Waals surface area contributed by atoms with Crippen molar-refractivity contribution in [1.82, 2.24) is 19.4 Å². The molecule has 1 amide bonds. The number of fused-ring (bicyclic) bond motifs is 1. The van der Waals surface area contributed by atoms with Crippen LogP contribution in [0.3, 0.4) is 0 Å². The number of alkyl halides is 2. The molecule has 5 rings (SSSR count). The maximum atomic E-state index is 14.8. The Bertz CT molecular complexity index is 1510. The van der Waals surface area contributed by atoms with Crippen molar-refractivity contribution in [3.63, 3.8) is 0 Å². The Kier molecular flexibility index (Phi) is 7.20. The molecule has 1 aliphatic rings. The molecular formula is C30H31ClF2N4O2. The van der Waals surface area contributed by atoms with Crippen LogP contribution in [0.5, 0.6) is 0 Å². The summed E-state index contributed by atoms with van der Waals surface area (Å²) in [7, 11) is 1.82. The number of carbonyl (C=O) groups excluding carboxylic acids is 1. The fraction of sp³-hybridized carbons (Fsp3) is 0.367. The first-order valence-electron chi connectivity index (χ1n) is 13.0. The number of aryl methyl sites for hydroxylation is 1. The van der Waals surface area contributed by atoms with Crippen LogP contribution in [0.25, 0.3) is 10.9 Å². The summed E-state index contributed by atoms with van der Waals surface area (Å²) in [5.41, 5.74) is 0.813. The summed E-state index contributed by atoms with van der Waals surface area (Å²) in [5.74, 6) is -3.40. The lowest BCUT2D eigenvalue weighted by molar-refractivity contribution is -0.131. The number of carbonyl (C=O) groups is 1. The Morgan fingerprint density at radius 3 is 2.44 bits per heavy atom. The average Bonchev–Trinajstić information content (AvgIpc) is 3.36. The summed E-state index contributed by atoms with van der Waals surface area (Å²) in [5, 5.41) is 13.2. The quantitative estimate of drug-likeness (QED) is 0.327. The Morgan fingerprint density at radius 2 is 1.85 bits per heavy atom. The summed E-state index contributed by atoms with van der Waals surface area (Å²) in [6, 6.07) is 14.4. The SMILES string of the molecule is CC(=O)N1CCC(C(O)(c2ccc3nc(C(C)(F)F)c(Cc4ccccc4)c(Cl)c3c2)c2cncn2C)CC1. The minimum absolute atomic E-state index is 0.00978. The van der Waals surface area contributed by atoms with Gasteiger partial charge in [0.1, 0.15) is 11.3 Å². The van der Waals surface area contributed by atoms with Gasteiger partial charge in [-0.2, -0.15) is 8.78 Å². The van der Waals surface area contributed by atoms with Gasteiger partial charge in [-0.1, -0.05) is 48.0 Å². The smallest absolute Gasteiger partial charge is 0.287 e. The molecular weight excluding hydrogens is 522 g/mol. The maximum Gasteiger partial charge on any atom is 0.287 e. The van der Waals surface area contributed by atoms with E-state index in [2.05, 4.69) is 9.97 Å². The summed E-state index contributed by atoms with van der Waals surface area (Å²) in [4.78, 5) is 22.3. The van der Waals surface area contributed by atoms with Gasteiger partial charge in [0.2, 0.25) is 5.91 Å². The summed E-state index contributed by atoms with van der Waals surface area (Å²) < 4.78 is 31.3. The second-order valence-electron chi connectivity index (χ2n) is 10.5. The highest BCUT2D eigenvalue weighted by Gasteiger charge is 2.44. The third kappa shape index (κ3) is 5.03. The second-order valence-corrected chi connectivity index (χ2v) is 10.9. The van der Waals surface area contributed by atoms with E-state index >= 15 is 0 Å². The molecule has 0 aliphatic carbocycles. The summed E-state index contributed by atoms with van der Waals surface area (Å²) >= 11 is 6.90. The molecule has 1 saturated heterocycles. The fourth-order valence-electron chi connectivity index (χ4n) is 5.75. The number of nitrogens with zero attached hydrogens (tertiary/aromatic N) is 4. The number of aliphatic hydroxyl groups is 1. The molecule has 2 aromatic carbocycles. The van der Waals surface area contributed by atoms with Crippen molar-refractivity contribution >= 4 is 28.4 Å². The van der Waals surface area contributed by atoms with E-state index in [4.69, 9.17) is 11.6 Å². The molecule has 1 aliphatic heterocycles. The van der Waals surface area contributed by atoms with E-state index in [9.17, 15) is 18.7 Å². The molecule has 0 spiro atoms. The van der Waals surface area contributed by atoms with Gasteiger partial charge in [0.05, 0.1) is 28.8 Å². The van der Waals surface area contributed by atoms with Gasteiger partial charge < -0.3 is 14.6 Å². The molecule has 9 heteroatoms. The molecule has 39 heavy (non-hydrogen) atoms. The molecule has 4 aromatic rings. The first kappa shape index (κ1) is 27.2. The highest BCUT2D eigenvalue weighted by atomic mass is 35.5. The minimum Gasteiger partial charge on any atom is -0.378 e. The van der Waals surface area contributed by atoms with Gasteiger partial charge in [-0.05, 0) is 36.1 Å². The monoisotopic (exact) mass is 552 g/mol. The van der Waals surface area contributed by atoms with Gasteiger partial charge in [-0.25, -0.2) is 9.97 Å². The van der Waals surface area contributed by atoms with E-state index in [1.54, 1.807) is 47.1 Å². The average molecular weight is 553 g/mol. The number of aromatic nitrogens is 3. The molecule has 204 valence electrons. The molecule has 0 bridgehead atoms. The van der Waals surface area contributed by atoms with E-state index in [-0.39, 0.29) is 34.5 Å². The predicted molar refractivity (Wildman–Crippen MR) is 147 cm³/mol. The molecule has 1 atom stereocenters. The first-order valence-corrected chi connectivity index (χ1v) is 13.4. The molecule has 1 N–H and O–H groups in total. The van der Waals surface area contributed by atoms with Crippen molar-refractivity contribution in [2.75, 3.05) is 13.1 Å². The minimum atomic E-state index is -3.19. The first-order chi connectivity index (χ1) is 18.5. The predicted octanol–water partition coefficient (Wildman–Crippen LogP) is 5.82. The van der Waals surface area contributed by atoms with Crippen LogP contribution in [0.15, 0.2) is 61.1 Å². The van der Waals surface area contributed by atoms with Gasteiger partial charge in [0, 0.05) is 57.3 Å². The summed E-state index contributed by atoms with van der Waals surface area (Å²) in [6.07, 6.45) is 4.65. The third-order valence-electron chi connectivity index (χ3n) is 7.83. The number of hydrogen-bond donors (Lipinski definition) is 1. The topological polar surface area (TPSA) is 71.2 Å². The Labute approximate surface area is 231 Å². The number of amides is 1. The molecule has 0 saturated carbocycles. The Morgan fingerprint density at radius 1 is 1.15 bits per heavy atom. The second kappa shape index (κ2) is 10.3. The van der Waals surface area contributed by atoms with E-state index in [0.29, 0.717) is 48.1 Å². The van der Waals surface area contributed by atoms with Gasteiger partial charge in [0.25, 0.3) is 5.92 Å². The van der Waals surface area contributed by atoms with Crippen LogP contribution in [0.2, 0.25) is 5.02 Å². The van der Waals surface area contributed by atoms with Crippen molar-refractivity contribution in [1.29, 1.82) is 0 Å². The van der Waals surface area contributed by atoms with Gasteiger partial charge in [-0.3, -0.25) is 4.79 Å². The van der Waals surface area contributed by atoms with Crippen LogP contribution in [0.1, 0.15) is 54.8 Å². The lowest BCUT2D eigenvalue weighted by Gasteiger charge is -2.42. The highest BCUT2D eigenvalue weighted by molar-refractivity contribution is 6.36. The van der Waals surface area contributed by atoms with Crippen LogP contribution in [-0.2, 0) is 29.8 Å². The zero-order valence-corrected chi connectivity index (χ0v) is 22.9. The van der Waals surface area contributed by atoms with Crippen molar-refractivity contribution in [3.05, 3.63) is 94.2 Å². The lowest BCUT2D eigenvalue weighted by Crippen LogP contribution is -2.46. The number of likely N-dealkylation sites (tertiary alicyclic amines) is 1.